The monoisotopic (exact) mass is 345 g/mol. The van der Waals surface area contributed by atoms with Gasteiger partial charge in [-0.05, 0) is 43.9 Å². The van der Waals surface area contributed by atoms with E-state index >= 15 is 0 Å². The Hall–Kier alpha value is -2.24. The van der Waals surface area contributed by atoms with Crippen LogP contribution in [-0.4, -0.2) is 50.2 Å². The summed E-state index contributed by atoms with van der Waals surface area (Å²) in [5, 5.41) is 3.04. The van der Waals surface area contributed by atoms with E-state index in [1.165, 1.54) is 20.0 Å². The van der Waals surface area contributed by atoms with Gasteiger partial charge >= 0.3 is 12.0 Å². The first-order valence-electron chi connectivity index (χ1n) is 9.22. The predicted octanol–water partition coefficient (Wildman–Crippen LogP) is 3.48. The number of carbonyl (C=O) groups is 2. The first-order chi connectivity index (χ1) is 12.2. The molecule has 0 spiro atoms. The van der Waals surface area contributed by atoms with Gasteiger partial charge in [0.2, 0.25) is 0 Å². The Kier molecular flexibility index (Phi) is 5.79. The van der Waals surface area contributed by atoms with Crippen molar-refractivity contribution in [3.8, 4) is 0 Å². The number of amides is 2. The van der Waals surface area contributed by atoms with Gasteiger partial charge in [0.1, 0.15) is 0 Å². The second-order valence-electron chi connectivity index (χ2n) is 6.75. The van der Waals surface area contributed by atoms with Crippen LogP contribution in [0.4, 0.5) is 16.2 Å². The zero-order valence-electron chi connectivity index (χ0n) is 14.9. The van der Waals surface area contributed by atoms with Crippen LogP contribution >= 0.6 is 0 Å². The topological polar surface area (TPSA) is 61.9 Å². The van der Waals surface area contributed by atoms with Crippen molar-refractivity contribution in [3.63, 3.8) is 0 Å². The van der Waals surface area contributed by atoms with Gasteiger partial charge in [-0.2, -0.15) is 0 Å². The maximum Gasteiger partial charge on any atom is 0.337 e. The van der Waals surface area contributed by atoms with E-state index in [-0.39, 0.29) is 6.03 Å². The number of rotatable bonds is 3. The van der Waals surface area contributed by atoms with Crippen LogP contribution in [0.25, 0.3) is 0 Å². The van der Waals surface area contributed by atoms with E-state index in [4.69, 9.17) is 4.74 Å². The van der Waals surface area contributed by atoms with E-state index in [1.54, 1.807) is 12.1 Å². The summed E-state index contributed by atoms with van der Waals surface area (Å²) >= 11 is 0. The molecular weight excluding hydrogens is 318 g/mol. The number of methoxy groups -OCH3 is 1. The van der Waals surface area contributed by atoms with Crippen LogP contribution in [-0.2, 0) is 4.74 Å². The smallest absolute Gasteiger partial charge is 0.337 e. The quantitative estimate of drug-likeness (QED) is 0.852. The molecule has 136 valence electrons. The van der Waals surface area contributed by atoms with Crippen LogP contribution in [0.5, 0.6) is 0 Å². The molecule has 2 saturated heterocycles. The molecule has 0 radical (unpaired) electrons. The number of anilines is 2. The molecule has 6 nitrogen and oxygen atoms in total. The number of hydrogen-bond donors (Lipinski definition) is 1. The molecule has 1 aromatic rings. The average Bonchev–Trinajstić information content (AvgIpc) is 3.02. The minimum Gasteiger partial charge on any atom is -0.465 e. The number of nitrogens with one attached hydrogen (secondary N) is 1. The summed E-state index contributed by atoms with van der Waals surface area (Å²) in [6.07, 6.45) is 6.76. The summed E-state index contributed by atoms with van der Waals surface area (Å²) in [6, 6.07) is 5.33. The molecule has 3 rings (SSSR count). The highest BCUT2D eigenvalue weighted by Gasteiger charge is 2.21. The summed E-state index contributed by atoms with van der Waals surface area (Å²) in [5.74, 6) is -0.391. The Morgan fingerprint density at radius 3 is 2.24 bits per heavy atom. The first-order valence-corrected chi connectivity index (χ1v) is 9.22. The fourth-order valence-corrected chi connectivity index (χ4v) is 3.58. The second kappa shape index (κ2) is 8.23. The lowest BCUT2D eigenvalue weighted by atomic mass is 10.1. The number of urea groups is 1. The zero-order valence-corrected chi connectivity index (χ0v) is 14.9. The fourth-order valence-electron chi connectivity index (χ4n) is 3.58. The van der Waals surface area contributed by atoms with Crippen molar-refractivity contribution < 1.29 is 14.3 Å². The molecule has 2 amide bonds. The molecule has 0 atom stereocenters. The Bertz CT molecular complexity index is 618. The largest absolute Gasteiger partial charge is 0.465 e. The van der Waals surface area contributed by atoms with Gasteiger partial charge in [0.25, 0.3) is 0 Å². The number of likely N-dealkylation sites (tertiary alicyclic amines) is 1. The molecule has 0 aliphatic carbocycles. The highest BCUT2D eigenvalue weighted by Crippen LogP contribution is 2.30. The Balaban J connectivity index is 1.82. The molecule has 0 bridgehead atoms. The number of carbonyl (C=O) groups excluding carboxylic acids is 2. The Morgan fingerprint density at radius 2 is 1.60 bits per heavy atom. The molecule has 0 saturated carbocycles. The molecule has 1 N–H and O–H groups in total. The molecule has 2 aliphatic heterocycles. The SMILES string of the molecule is COC(=O)c1ccc(N2CCCC2)c(NC(=O)N2CCCCCC2)c1. The number of benzene rings is 1. The zero-order chi connectivity index (χ0) is 17.6. The first kappa shape index (κ1) is 17.6. The van der Waals surface area contributed by atoms with Crippen LogP contribution < -0.4 is 10.2 Å². The van der Waals surface area contributed by atoms with Gasteiger partial charge in [0.15, 0.2) is 0 Å². The van der Waals surface area contributed by atoms with Crippen molar-refractivity contribution in [2.24, 2.45) is 0 Å². The van der Waals surface area contributed by atoms with E-state index in [0.717, 1.165) is 57.5 Å². The van der Waals surface area contributed by atoms with Crippen LogP contribution in [0.2, 0.25) is 0 Å². The van der Waals surface area contributed by atoms with E-state index in [2.05, 4.69) is 10.2 Å². The lowest BCUT2D eigenvalue weighted by Gasteiger charge is -2.25. The molecule has 0 unspecified atom stereocenters. The van der Waals surface area contributed by atoms with Gasteiger partial charge in [0, 0.05) is 26.2 Å². The third-order valence-corrected chi connectivity index (χ3v) is 5.00. The van der Waals surface area contributed by atoms with Crippen molar-refractivity contribution in [2.45, 2.75) is 38.5 Å². The molecule has 6 heteroatoms. The minimum absolute atomic E-state index is 0.0793. The highest BCUT2D eigenvalue weighted by molar-refractivity contribution is 5.97. The number of hydrogen-bond acceptors (Lipinski definition) is 4. The maximum atomic E-state index is 12.7. The van der Waals surface area contributed by atoms with Crippen LogP contribution in [0.1, 0.15) is 48.9 Å². The van der Waals surface area contributed by atoms with E-state index in [9.17, 15) is 9.59 Å². The lowest BCUT2D eigenvalue weighted by molar-refractivity contribution is 0.0600. The average molecular weight is 345 g/mol. The number of ether oxygens (including phenoxy) is 1. The van der Waals surface area contributed by atoms with Crippen molar-refractivity contribution in [1.82, 2.24) is 4.90 Å². The number of nitrogens with zero attached hydrogens (tertiary/aromatic N) is 2. The summed E-state index contributed by atoms with van der Waals surface area (Å²) in [6.45, 7) is 3.54. The molecule has 2 heterocycles. The van der Waals surface area contributed by atoms with E-state index in [0.29, 0.717) is 11.3 Å². The van der Waals surface area contributed by atoms with Gasteiger partial charge in [-0.3, -0.25) is 0 Å². The van der Waals surface area contributed by atoms with Gasteiger partial charge in [-0.25, -0.2) is 9.59 Å². The minimum atomic E-state index is -0.391. The molecule has 1 aromatic carbocycles. The van der Waals surface area contributed by atoms with Gasteiger partial charge in [-0.1, -0.05) is 12.8 Å². The van der Waals surface area contributed by atoms with Crippen LogP contribution in [0, 0.1) is 0 Å². The highest BCUT2D eigenvalue weighted by atomic mass is 16.5. The second-order valence-corrected chi connectivity index (χ2v) is 6.75. The van der Waals surface area contributed by atoms with Crippen molar-refractivity contribution in [2.75, 3.05) is 43.5 Å². The normalized spacial score (nSPS) is 18.0. The summed E-state index contributed by atoms with van der Waals surface area (Å²) in [5.41, 5.74) is 2.13. The Labute approximate surface area is 149 Å². The van der Waals surface area contributed by atoms with Crippen molar-refractivity contribution >= 4 is 23.4 Å². The maximum absolute atomic E-state index is 12.7. The standard InChI is InChI=1S/C19H27N3O3/c1-25-18(23)15-8-9-17(21-10-6-7-11-21)16(14-15)20-19(24)22-12-4-2-3-5-13-22/h8-9,14H,2-7,10-13H2,1H3,(H,20,24). The van der Waals surface area contributed by atoms with Gasteiger partial charge in [-0.15, -0.1) is 0 Å². The molecular formula is C19H27N3O3. The van der Waals surface area contributed by atoms with Gasteiger partial charge in [0.05, 0.1) is 24.0 Å². The molecule has 2 aliphatic rings. The molecule has 0 aromatic heterocycles. The third kappa shape index (κ3) is 4.24. The van der Waals surface area contributed by atoms with E-state index < -0.39 is 5.97 Å². The van der Waals surface area contributed by atoms with Crippen LogP contribution in [0.3, 0.4) is 0 Å². The summed E-state index contributed by atoms with van der Waals surface area (Å²) < 4.78 is 4.82. The lowest BCUT2D eigenvalue weighted by Crippen LogP contribution is -2.36. The number of esters is 1. The van der Waals surface area contributed by atoms with Crippen molar-refractivity contribution in [1.29, 1.82) is 0 Å². The Morgan fingerprint density at radius 1 is 0.960 bits per heavy atom. The van der Waals surface area contributed by atoms with E-state index in [1.807, 2.05) is 11.0 Å². The summed E-state index contributed by atoms with van der Waals surface area (Å²) in [7, 11) is 1.37. The molecule has 2 fully saturated rings. The van der Waals surface area contributed by atoms with Crippen molar-refractivity contribution in [3.05, 3.63) is 23.8 Å². The third-order valence-electron chi connectivity index (χ3n) is 5.00. The van der Waals surface area contributed by atoms with Gasteiger partial charge < -0.3 is 19.9 Å². The predicted molar refractivity (Wildman–Crippen MR) is 98.3 cm³/mol. The fraction of sp³-hybridized carbons (Fsp3) is 0.579. The van der Waals surface area contributed by atoms with Crippen LogP contribution in [0.15, 0.2) is 18.2 Å². The molecule has 25 heavy (non-hydrogen) atoms. The summed E-state index contributed by atoms with van der Waals surface area (Å²) in [4.78, 5) is 28.7.